The highest BCUT2D eigenvalue weighted by molar-refractivity contribution is 6.01. The third-order valence-corrected chi connectivity index (χ3v) is 3.50. The summed E-state index contributed by atoms with van der Waals surface area (Å²) in [7, 11) is 1.56. The van der Waals surface area contributed by atoms with Crippen molar-refractivity contribution in [1.29, 1.82) is 0 Å². The number of hydrogen-bond acceptors (Lipinski definition) is 4. The Balaban J connectivity index is 2.06. The van der Waals surface area contributed by atoms with Crippen LogP contribution < -0.4 is 15.4 Å². The monoisotopic (exact) mass is 327 g/mol. The van der Waals surface area contributed by atoms with Crippen LogP contribution in [0.15, 0.2) is 48.7 Å². The number of pyridine rings is 1. The summed E-state index contributed by atoms with van der Waals surface area (Å²) in [5.41, 5.74) is 0.465. The molecule has 0 aliphatic carbocycles. The maximum absolute atomic E-state index is 12.4. The zero-order valence-corrected chi connectivity index (χ0v) is 13.9. The highest BCUT2D eigenvalue weighted by Gasteiger charge is 2.25. The number of methoxy groups -OCH3 is 1. The molecule has 24 heavy (non-hydrogen) atoms. The summed E-state index contributed by atoms with van der Waals surface area (Å²) in [4.78, 5) is 28.9. The Morgan fingerprint density at radius 2 is 1.79 bits per heavy atom. The molecule has 1 heterocycles. The molecule has 126 valence electrons. The van der Waals surface area contributed by atoms with E-state index in [1.54, 1.807) is 55.8 Å². The molecule has 6 heteroatoms. The van der Waals surface area contributed by atoms with E-state index in [0.717, 1.165) is 0 Å². The summed E-state index contributed by atoms with van der Waals surface area (Å²) in [6, 6.07) is 11.3. The SMILES string of the molecule is COc1ccc(C(=O)N[C@H](C(=O)Nc2ccccn2)C(C)C)cc1. The van der Waals surface area contributed by atoms with Crippen molar-refractivity contribution in [2.75, 3.05) is 12.4 Å². The molecular formula is C18H21N3O3. The smallest absolute Gasteiger partial charge is 0.251 e. The average Bonchev–Trinajstić information content (AvgIpc) is 2.60. The number of nitrogens with zero attached hydrogens (tertiary/aromatic N) is 1. The molecule has 6 nitrogen and oxygen atoms in total. The van der Waals surface area contributed by atoms with Gasteiger partial charge >= 0.3 is 0 Å². The highest BCUT2D eigenvalue weighted by atomic mass is 16.5. The third kappa shape index (κ3) is 4.55. The first-order valence-corrected chi connectivity index (χ1v) is 7.68. The zero-order chi connectivity index (χ0) is 17.5. The maximum atomic E-state index is 12.4. The molecule has 0 unspecified atom stereocenters. The van der Waals surface area contributed by atoms with Crippen LogP contribution in [-0.4, -0.2) is 29.9 Å². The van der Waals surface area contributed by atoms with E-state index in [9.17, 15) is 9.59 Å². The lowest BCUT2D eigenvalue weighted by Crippen LogP contribution is -2.47. The minimum Gasteiger partial charge on any atom is -0.497 e. The zero-order valence-electron chi connectivity index (χ0n) is 13.9. The van der Waals surface area contributed by atoms with Crippen molar-refractivity contribution in [2.45, 2.75) is 19.9 Å². The Hall–Kier alpha value is -2.89. The number of benzene rings is 1. The second-order valence-corrected chi connectivity index (χ2v) is 5.63. The summed E-state index contributed by atoms with van der Waals surface area (Å²) in [6.07, 6.45) is 1.59. The molecule has 0 radical (unpaired) electrons. The molecule has 0 aliphatic heterocycles. The molecular weight excluding hydrogens is 306 g/mol. The number of ether oxygens (including phenoxy) is 1. The number of carbonyl (C=O) groups excluding carboxylic acids is 2. The van der Waals surface area contributed by atoms with Crippen LogP contribution in [0.5, 0.6) is 5.75 Å². The molecule has 0 aliphatic rings. The highest BCUT2D eigenvalue weighted by Crippen LogP contribution is 2.13. The molecule has 1 atom stereocenters. The van der Waals surface area contributed by atoms with E-state index in [0.29, 0.717) is 17.1 Å². The quantitative estimate of drug-likeness (QED) is 0.854. The molecule has 1 aromatic carbocycles. The Labute approximate surface area is 141 Å². The van der Waals surface area contributed by atoms with Crippen LogP contribution in [-0.2, 0) is 4.79 Å². The van der Waals surface area contributed by atoms with Gasteiger partial charge in [-0.25, -0.2) is 4.98 Å². The fourth-order valence-corrected chi connectivity index (χ4v) is 2.14. The van der Waals surface area contributed by atoms with Crippen LogP contribution in [0.25, 0.3) is 0 Å². The minimum absolute atomic E-state index is 0.0732. The van der Waals surface area contributed by atoms with Gasteiger partial charge in [0.2, 0.25) is 5.91 Å². The van der Waals surface area contributed by atoms with Gasteiger partial charge in [-0.15, -0.1) is 0 Å². The fraction of sp³-hybridized carbons (Fsp3) is 0.278. The molecule has 2 amide bonds. The van der Waals surface area contributed by atoms with Crippen molar-refractivity contribution < 1.29 is 14.3 Å². The van der Waals surface area contributed by atoms with Gasteiger partial charge in [0.1, 0.15) is 17.6 Å². The number of anilines is 1. The van der Waals surface area contributed by atoms with Crippen LogP contribution in [0.3, 0.4) is 0 Å². The number of carbonyl (C=O) groups is 2. The van der Waals surface area contributed by atoms with E-state index in [1.165, 1.54) is 0 Å². The fourth-order valence-electron chi connectivity index (χ4n) is 2.14. The minimum atomic E-state index is -0.665. The Bertz CT molecular complexity index is 684. The number of hydrogen-bond donors (Lipinski definition) is 2. The molecule has 0 spiro atoms. The van der Waals surface area contributed by atoms with Gasteiger partial charge in [-0.2, -0.15) is 0 Å². The third-order valence-electron chi connectivity index (χ3n) is 3.50. The molecule has 0 fully saturated rings. The molecule has 0 bridgehead atoms. The van der Waals surface area contributed by atoms with Gasteiger partial charge in [-0.1, -0.05) is 19.9 Å². The van der Waals surface area contributed by atoms with Gasteiger partial charge in [0, 0.05) is 11.8 Å². The van der Waals surface area contributed by atoms with Crippen molar-refractivity contribution in [3.05, 3.63) is 54.2 Å². The first-order chi connectivity index (χ1) is 11.5. The topological polar surface area (TPSA) is 80.3 Å². The van der Waals surface area contributed by atoms with Crippen LogP contribution in [0.2, 0.25) is 0 Å². The summed E-state index contributed by atoms with van der Waals surface area (Å²) < 4.78 is 5.07. The van der Waals surface area contributed by atoms with Crippen LogP contribution >= 0.6 is 0 Å². The van der Waals surface area contributed by atoms with E-state index in [4.69, 9.17) is 4.74 Å². The lowest BCUT2D eigenvalue weighted by molar-refractivity contribution is -0.118. The van der Waals surface area contributed by atoms with Gasteiger partial charge in [0.15, 0.2) is 0 Å². The maximum Gasteiger partial charge on any atom is 0.251 e. The molecule has 1 aromatic heterocycles. The van der Waals surface area contributed by atoms with Crippen molar-refractivity contribution in [1.82, 2.24) is 10.3 Å². The lowest BCUT2D eigenvalue weighted by atomic mass is 10.0. The molecule has 2 N–H and O–H groups in total. The normalized spacial score (nSPS) is 11.7. The summed E-state index contributed by atoms with van der Waals surface area (Å²) in [5, 5.41) is 5.48. The number of aromatic nitrogens is 1. The van der Waals surface area contributed by atoms with E-state index in [2.05, 4.69) is 15.6 Å². The first kappa shape index (κ1) is 17.5. The number of rotatable bonds is 6. The second-order valence-electron chi connectivity index (χ2n) is 5.63. The predicted octanol–water partition coefficient (Wildman–Crippen LogP) is 2.48. The Kier molecular flexibility index (Phi) is 5.89. The van der Waals surface area contributed by atoms with E-state index >= 15 is 0 Å². The number of amides is 2. The lowest BCUT2D eigenvalue weighted by Gasteiger charge is -2.21. The van der Waals surface area contributed by atoms with Crippen LogP contribution in [0.4, 0.5) is 5.82 Å². The predicted molar refractivity (Wildman–Crippen MR) is 92.0 cm³/mol. The van der Waals surface area contributed by atoms with Crippen molar-refractivity contribution in [2.24, 2.45) is 5.92 Å². The summed E-state index contributed by atoms with van der Waals surface area (Å²) in [5.74, 6) is 0.431. The molecule has 2 aromatic rings. The largest absolute Gasteiger partial charge is 0.497 e. The molecule has 0 saturated heterocycles. The van der Waals surface area contributed by atoms with E-state index in [1.807, 2.05) is 13.8 Å². The van der Waals surface area contributed by atoms with Gasteiger partial charge in [-0.3, -0.25) is 9.59 Å². The summed E-state index contributed by atoms with van der Waals surface area (Å²) in [6.45, 7) is 3.74. The van der Waals surface area contributed by atoms with E-state index < -0.39 is 6.04 Å². The Morgan fingerprint density at radius 3 is 2.33 bits per heavy atom. The van der Waals surface area contributed by atoms with Gasteiger partial charge < -0.3 is 15.4 Å². The second kappa shape index (κ2) is 8.10. The molecule has 2 rings (SSSR count). The molecule has 0 saturated carbocycles. The summed E-state index contributed by atoms with van der Waals surface area (Å²) >= 11 is 0. The van der Waals surface area contributed by atoms with Crippen LogP contribution in [0.1, 0.15) is 24.2 Å². The van der Waals surface area contributed by atoms with Crippen molar-refractivity contribution in [3.8, 4) is 5.75 Å². The van der Waals surface area contributed by atoms with Crippen molar-refractivity contribution >= 4 is 17.6 Å². The van der Waals surface area contributed by atoms with Gasteiger partial charge in [0.25, 0.3) is 5.91 Å². The van der Waals surface area contributed by atoms with Gasteiger partial charge in [0.05, 0.1) is 7.11 Å². The van der Waals surface area contributed by atoms with Crippen molar-refractivity contribution in [3.63, 3.8) is 0 Å². The average molecular weight is 327 g/mol. The van der Waals surface area contributed by atoms with Gasteiger partial charge in [-0.05, 0) is 42.3 Å². The number of nitrogens with one attached hydrogen (secondary N) is 2. The standard InChI is InChI=1S/C18H21N3O3/c1-12(2)16(18(23)20-15-6-4-5-11-19-15)21-17(22)13-7-9-14(24-3)10-8-13/h4-12,16H,1-3H3,(H,21,22)(H,19,20,23)/t16-/m0/s1. The first-order valence-electron chi connectivity index (χ1n) is 7.68. The van der Waals surface area contributed by atoms with Crippen LogP contribution in [0, 0.1) is 5.92 Å². The Morgan fingerprint density at radius 1 is 1.08 bits per heavy atom. The van der Waals surface area contributed by atoms with E-state index in [-0.39, 0.29) is 17.7 Å².